The smallest absolute Gasteiger partial charge is 0.163 e. The highest BCUT2D eigenvalue weighted by Gasteiger charge is 2.15. The van der Waals surface area contributed by atoms with Crippen LogP contribution in [0.3, 0.4) is 0 Å². The molecular formula is C48H58O7. The van der Waals surface area contributed by atoms with E-state index in [2.05, 4.69) is 71.9 Å². The molecule has 0 radical (unpaired) electrons. The molecule has 7 heteroatoms. The van der Waals surface area contributed by atoms with Gasteiger partial charge in [-0.05, 0) is 127 Å². The lowest BCUT2D eigenvalue weighted by atomic mass is 9.94. The van der Waals surface area contributed by atoms with Crippen LogP contribution in [0.2, 0.25) is 0 Å². The number of Topliss-reactive ketones (excluding diaryl/α,β-unsaturated/α-hetero) is 2. The number of aryl methyl sites for hydroxylation is 2. The first-order chi connectivity index (χ1) is 26.0. The van der Waals surface area contributed by atoms with Crippen LogP contribution in [0.15, 0.2) is 97.1 Å². The van der Waals surface area contributed by atoms with Crippen LogP contribution < -0.4 is 14.2 Å². The number of methoxy groups -OCH3 is 1. The van der Waals surface area contributed by atoms with Crippen molar-refractivity contribution in [1.82, 2.24) is 0 Å². The summed E-state index contributed by atoms with van der Waals surface area (Å²) in [6, 6.07) is 31.0. The van der Waals surface area contributed by atoms with Crippen LogP contribution in [0.5, 0.6) is 28.7 Å². The zero-order valence-electron chi connectivity index (χ0n) is 34.3. The minimum absolute atomic E-state index is 0.0247. The molecule has 0 spiro atoms. The van der Waals surface area contributed by atoms with Gasteiger partial charge in [-0.3, -0.25) is 9.59 Å². The minimum Gasteiger partial charge on any atom is -0.508 e. The summed E-state index contributed by atoms with van der Waals surface area (Å²) in [5.41, 5.74) is 8.83. The molecule has 0 amide bonds. The highest BCUT2D eigenvalue weighted by Crippen LogP contribution is 2.33. The number of ketones is 2. The molecule has 0 unspecified atom stereocenters. The number of phenols is 2. The summed E-state index contributed by atoms with van der Waals surface area (Å²) in [6.45, 7) is 20.7. The van der Waals surface area contributed by atoms with Gasteiger partial charge in [0, 0.05) is 6.07 Å². The van der Waals surface area contributed by atoms with Gasteiger partial charge in [0.05, 0.1) is 18.2 Å². The van der Waals surface area contributed by atoms with Crippen LogP contribution in [0.1, 0.15) is 133 Å². The third-order valence-electron chi connectivity index (χ3n) is 9.18. The molecule has 5 aromatic rings. The number of hydrogen-bond acceptors (Lipinski definition) is 7. The molecule has 0 saturated heterocycles. The molecule has 0 aliphatic rings. The maximum absolute atomic E-state index is 12.0. The third kappa shape index (κ3) is 13.1. The van der Waals surface area contributed by atoms with Gasteiger partial charge in [-0.25, -0.2) is 0 Å². The first-order valence-electron chi connectivity index (χ1n) is 18.8. The molecule has 0 aromatic heterocycles. The van der Waals surface area contributed by atoms with Crippen LogP contribution in [0, 0.1) is 13.8 Å². The molecular weight excluding hydrogens is 689 g/mol. The molecule has 55 heavy (non-hydrogen) atoms. The Balaban J connectivity index is 0.000000229. The Morgan fingerprint density at radius 3 is 1.58 bits per heavy atom. The number of carbonyl (C=O) groups excluding carboxylic acids is 2. The Morgan fingerprint density at radius 2 is 1.05 bits per heavy atom. The lowest BCUT2D eigenvalue weighted by Crippen LogP contribution is -2.05. The highest BCUT2D eigenvalue weighted by atomic mass is 16.5. The quantitative estimate of drug-likeness (QED) is 0.123. The lowest BCUT2D eigenvalue weighted by molar-refractivity contribution is 0.100. The standard InChI is InChI=1S/C20H24O3.C17H20O.C11H14O3/c1-13(2)18-11-19(15(4)21)20(10-14(18)3)23-12-16-6-8-17(22-5)9-7-16;1-13(2)17-10-9-16(11-14(17)3)18-12-15-7-5-4-6-8-15;1-6(2)8-4-9(7(3)12)11(14)5-10(8)13/h6-11,13H,12H2,1-5H3;4-11,13H,12H2,1-3H3;4-6,13-14H,1-3H3. The average molecular weight is 747 g/mol. The van der Waals surface area contributed by atoms with Crippen molar-refractivity contribution in [2.75, 3.05) is 7.11 Å². The van der Waals surface area contributed by atoms with E-state index in [1.54, 1.807) is 14.0 Å². The van der Waals surface area contributed by atoms with Gasteiger partial charge in [-0.1, -0.05) is 90.1 Å². The molecule has 5 aromatic carbocycles. The fourth-order valence-electron chi connectivity index (χ4n) is 6.06. The van der Waals surface area contributed by atoms with E-state index in [0.29, 0.717) is 41.9 Å². The predicted molar refractivity (Wildman–Crippen MR) is 223 cm³/mol. The fourth-order valence-corrected chi connectivity index (χ4v) is 6.06. The van der Waals surface area contributed by atoms with Crippen molar-refractivity contribution >= 4 is 11.6 Å². The van der Waals surface area contributed by atoms with E-state index in [-0.39, 0.29) is 34.5 Å². The first-order valence-corrected chi connectivity index (χ1v) is 18.8. The van der Waals surface area contributed by atoms with E-state index in [1.807, 2.05) is 68.4 Å². The monoisotopic (exact) mass is 746 g/mol. The Hall–Kier alpha value is -5.56. The van der Waals surface area contributed by atoms with Crippen molar-refractivity contribution in [3.8, 4) is 28.7 Å². The van der Waals surface area contributed by atoms with Gasteiger partial charge in [-0.15, -0.1) is 0 Å². The van der Waals surface area contributed by atoms with Crippen molar-refractivity contribution < 1.29 is 34.0 Å². The van der Waals surface area contributed by atoms with Gasteiger partial charge in [0.2, 0.25) is 0 Å². The molecule has 5 rings (SSSR count). The first kappa shape index (κ1) is 43.8. The van der Waals surface area contributed by atoms with E-state index in [9.17, 15) is 19.8 Å². The summed E-state index contributed by atoms with van der Waals surface area (Å²) >= 11 is 0. The van der Waals surface area contributed by atoms with Crippen LogP contribution in [-0.2, 0) is 13.2 Å². The number of carbonyl (C=O) groups is 2. The summed E-state index contributed by atoms with van der Waals surface area (Å²) in [6.07, 6.45) is 0. The van der Waals surface area contributed by atoms with Gasteiger partial charge < -0.3 is 24.4 Å². The summed E-state index contributed by atoms with van der Waals surface area (Å²) in [4.78, 5) is 23.1. The van der Waals surface area contributed by atoms with Crippen molar-refractivity contribution in [3.05, 3.63) is 147 Å². The number of phenolic OH excluding ortho intramolecular Hbond substituents is 2. The average Bonchev–Trinajstić information content (AvgIpc) is 3.13. The molecule has 0 aliphatic carbocycles. The van der Waals surface area contributed by atoms with Gasteiger partial charge in [0.1, 0.15) is 42.0 Å². The number of benzene rings is 5. The largest absolute Gasteiger partial charge is 0.508 e. The zero-order valence-corrected chi connectivity index (χ0v) is 34.3. The second-order valence-corrected chi connectivity index (χ2v) is 14.6. The summed E-state index contributed by atoms with van der Waals surface area (Å²) in [5.74, 6) is 3.15. The lowest BCUT2D eigenvalue weighted by Gasteiger charge is -2.16. The molecule has 0 fully saturated rings. The van der Waals surface area contributed by atoms with Crippen LogP contribution in [-0.4, -0.2) is 28.9 Å². The molecule has 0 aliphatic heterocycles. The highest BCUT2D eigenvalue weighted by molar-refractivity contribution is 5.97. The van der Waals surface area contributed by atoms with E-state index in [0.717, 1.165) is 22.6 Å². The van der Waals surface area contributed by atoms with Crippen molar-refractivity contribution in [2.45, 2.75) is 100 Å². The summed E-state index contributed by atoms with van der Waals surface area (Å²) in [7, 11) is 1.64. The van der Waals surface area contributed by atoms with E-state index in [4.69, 9.17) is 14.2 Å². The number of rotatable bonds is 12. The molecule has 292 valence electrons. The number of ether oxygens (including phenoxy) is 3. The molecule has 2 N–H and O–H groups in total. The molecule has 0 bridgehead atoms. The normalized spacial score (nSPS) is 10.7. The van der Waals surface area contributed by atoms with Gasteiger partial charge in [0.25, 0.3) is 0 Å². The Labute approximate surface area is 327 Å². The van der Waals surface area contributed by atoms with E-state index in [1.165, 1.54) is 41.3 Å². The minimum atomic E-state index is -0.204. The van der Waals surface area contributed by atoms with E-state index < -0.39 is 0 Å². The molecule has 7 nitrogen and oxygen atoms in total. The number of aromatic hydroxyl groups is 2. The summed E-state index contributed by atoms with van der Waals surface area (Å²) in [5, 5.41) is 18.9. The van der Waals surface area contributed by atoms with Crippen LogP contribution >= 0.6 is 0 Å². The summed E-state index contributed by atoms with van der Waals surface area (Å²) < 4.78 is 16.9. The Bertz CT molecular complexity index is 2010. The van der Waals surface area contributed by atoms with Crippen molar-refractivity contribution in [2.24, 2.45) is 0 Å². The second-order valence-electron chi connectivity index (χ2n) is 14.6. The Morgan fingerprint density at radius 1 is 0.545 bits per heavy atom. The van der Waals surface area contributed by atoms with Gasteiger partial charge in [0.15, 0.2) is 11.6 Å². The predicted octanol–water partition coefficient (Wildman–Crippen LogP) is 12.0. The molecule has 0 saturated carbocycles. The Kier molecular flexibility index (Phi) is 16.6. The topological polar surface area (TPSA) is 102 Å². The van der Waals surface area contributed by atoms with E-state index >= 15 is 0 Å². The van der Waals surface area contributed by atoms with Gasteiger partial charge in [-0.2, -0.15) is 0 Å². The molecule has 0 atom stereocenters. The van der Waals surface area contributed by atoms with Crippen LogP contribution in [0.25, 0.3) is 0 Å². The second kappa shape index (κ2) is 20.8. The third-order valence-corrected chi connectivity index (χ3v) is 9.18. The number of hydrogen-bond donors (Lipinski definition) is 2. The van der Waals surface area contributed by atoms with Gasteiger partial charge >= 0.3 is 0 Å². The maximum Gasteiger partial charge on any atom is 0.163 e. The SMILES string of the molecule is CC(=O)c1cc(C(C)C)c(O)cc1O.COc1ccc(COc2cc(C)c(C(C)C)cc2C(C)=O)cc1.Cc1cc(OCc2ccccc2)ccc1C(C)C. The van der Waals surface area contributed by atoms with Crippen LogP contribution in [0.4, 0.5) is 0 Å². The molecule has 0 heterocycles. The maximum atomic E-state index is 12.0. The van der Waals surface area contributed by atoms with Crippen molar-refractivity contribution in [1.29, 1.82) is 0 Å². The van der Waals surface area contributed by atoms with Crippen molar-refractivity contribution in [3.63, 3.8) is 0 Å². The zero-order chi connectivity index (χ0) is 40.8. The fraction of sp³-hybridized carbons (Fsp3) is 0.333.